The van der Waals surface area contributed by atoms with Gasteiger partial charge in [0.15, 0.2) is 5.13 Å². The Labute approximate surface area is 97.1 Å². The number of hydrogen-bond donors (Lipinski definition) is 2. The largest absolute Gasteiger partial charge is 0.410 e. The predicted octanol–water partition coefficient (Wildman–Crippen LogP) is 2.26. The molecule has 16 heavy (non-hydrogen) atoms. The van der Waals surface area contributed by atoms with E-state index in [0.29, 0.717) is 10.8 Å². The highest BCUT2D eigenvalue weighted by molar-refractivity contribution is 7.17. The van der Waals surface area contributed by atoms with Crippen LogP contribution in [-0.2, 0) is 0 Å². The van der Waals surface area contributed by atoms with Crippen molar-refractivity contribution in [3.05, 3.63) is 46.5 Å². The quantitative estimate of drug-likeness (QED) is 0.475. The first-order valence-corrected chi connectivity index (χ1v) is 5.54. The van der Waals surface area contributed by atoms with Crippen LogP contribution in [-0.4, -0.2) is 15.9 Å². The van der Waals surface area contributed by atoms with Crippen LogP contribution in [0.25, 0.3) is 0 Å². The summed E-state index contributed by atoms with van der Waals surface area (Å²) in [6.07, 6.45) is 0. The molecule has 0 amide bonds. The van der Waals surface area contributed by atoms with Crippen LogP contribution in [0.15, 0.2) is 35.5 Å². The molecule has 1 aromatic heterocycles. The van der Waals surface area contributed by atoms with Crippen molar-refractivity contribution >= 4 is 22.2 Å². The molecule has 0 fully saturated rings. The first-order valence-electron chi connectivity index (χ1n) is 4.73. The van der Waals surface area contributed by atoms with Gasteiger partial charge in [-0.15, -0.1) is 0 Å². The van der Waals surface area contributed by atoms with Crippen molar-refractivity contribution < 1.29 is 5.21 Å². The lowest BCUT2D eigenvalue weighted by Gasteiger charge is -2.01. The molecule has 0 bridgehead atoms. The highest BCUT2D eigenvalue weighted by atomic mass is 32.1. The summed E-state index contributed by atoms with van der Waals surface area (Å²) in [7, 11) is 0. The van der Waals surface area contributed by atoms with E-state index in [0.717, 1.165) is 16.1 Å². The molecule has 0 unspecified atom stereocenters. The second-order valence-electron chi connectivity index (χ2n) is 3.28. The van der Waals surface area contributed by atoms with E-state index >= 15 is 0 Å². The van der Waals surface area contributed by atoms with Gasteiger partial charge in [-0.25, -0.2) is 4.98 Å². The Morgan fingerprint density at radius 1 is 1.38 bits per heavy atom. The van der Waals surface area contributed by atoms with E-state index in [-0.39, 0.29) is 0 Å². The van der Waals surface area contributed by atoms with Crippen LogP contribution < -0.4 is 5.73 Å². The average Bonchev–Trinajstić information content (AvgIpc) is 2.61. The molecule has 82 valence electrons. The van der Waals surface area contributed by atoms with Crippen LogP contribution in [0.1, 0.15) is 16.1 Å². The number of nitrogen functional groups attached to an aromatic ring is 1. The van der Waals surface area contributed by atoms with Crippen molar-refractivity contribution in [1.29, 1.82) is 0 Å². The van der Waals surface area contributed by atoms with Gasteiger partial charge in [0, 0.05) is 5.56 Å². The summed E-state index contributed by atoms with van der Waals surface area (Å²) in [5.74, 6) is 0. The first kappa shape index (κ1) is 10.6. The number of aryl methyl sites for hydroxylation is 1. The van der Waals surface area contributed by atoms with Gasteiger partial charge in [-0.3, -0.25) is 0 Å². The summed E-state index contributed by atoms with van der Waals surface area (Å²) in [5, 5.41) is 12.9. The van der Waals surface area contributed by atoms with E-state index in [1.54, 1.807) is 0 Å². The number of benzene rings is 1. The lowest BCUT2D eigenvalue weighted by atomic mass is 10.1. The van der Waals surface area contributed by atoms with Crippen molar-refractivity contribution in [2.75, 3.05) is 5.73 Å². The molecule has 0 aliphatic carbocycles. The van der Waals surface area contributed by atoms with Gasteiger partial charge < -0.3 is 10.9 Å². The molecule has 0 aliphatic heterocycles. The first-order chi connectivity index (χ1) is 7.72. The second kappa shape index (κ2) is 4.32. The molecule has 0 saturated heterocycles. The van der Waals surface area contributed by atoms with Crippen LogP contribution in [0.3, 0.4) is 0 Å². The number of oxime groups is 1. The van der Waals surface area contributed by atoms with E-state index in [4.69, 9.17) is 10.9 Å². The zero-order chi connectivity index (χ0) is 11.5. The number of thiazole rings is 1. The highest BCUT2D eigenvalue weighted by Gasteiger charge is 2.14. The van der Waals surface area contributed by atoms with Gasteiger partial charge in [-0.2, -0.15) is 0 Å². The van der Waals surface area contributed by atoms with Crippen molar-refractivity contribution in [3.8, 4) is 0 Å². The molecule has 0 aliphatic rings. The molecule has 0 spiro atoms. The van der Waals surface area contributed by atoms with Crippen LogP contribution >= 0.6 is 11.3 Å². The van der Waals surface area contributed by atoms with Gasteiger partial charge in [0.2, 0.25) is 0 Å². The topological polar surface area (TPSA) is 71.5 Å². The zero-order valence-corrected chi connectivity index (χ0v) is 9.53. The minimum atomic E-state index is 0.476. The molecular weight excluding hydrogens is 222 g/mol. The van der Waals surface area contributed by atoms with Crippen molar-refractivity contribution in [2.45, 2.75) is 6.92 Å². The van der Waals surface area contributed by atoms with Gasteiger partial charge in [0.1, 0.15) is 5.71 Å². The van der Waals surface area contributed by atoms with E-state index < -0.39 is 0 Å². The Morgan fingerprint density at radius 2 is 2.06 bits per heavy atom. The standard InChI is InChI=1S/C11H11N3OS/c1-7-10(16-11(12)13-7)9(14-15)8-5-3-2-4-6-8/h2-6,15H,1H3,(H2,12,13)/b14-9+. The summed E-state index contributed by atoms with van der Waals surface area (Å²) < 4.78 is 0. The molecule has 2 aromatic rings. The zero-order valence-electron chi connectivity index (χ0n) is 8.71. The lowest BCUT2D eigenvalue weighted by Crippen LogP contribution is -2.02. The molecule has 0 saturated carbocycles. The van der Waals surface area contributed by atoms with E-state index in [9.17, 15) is 0 Å². The molecular formula is C11H11N3OS. The van der Waals surface area contributed by atoms with Crippen LogP contribution in [0.2, 0.25) is 0 Å². The maximum atomic E-state index is 9.09. The fourth-order valence-electron chi connectivity index (χ4n) is 1.47. The minimum Gasteiger partial charge on any atom is -0.410 e. The Balaban J connectivity index is 2.50. The van der Waals surface area contributed by atoms with Gasteiger partial charge in [0.05, 0.1) is 10.6 Å². The Morgan fingerprint density at radius 3 is 2.56 bits per heavy atom. The monoisotopic (exact) mass is 233 g/mol. The SMILES string of the molecule is Cc1nc(N)sc1/C(=N/O)c1ccccc1. The number of hydrogen-bond acceptors (Lipinski definition) is 5. The minimum absolute atomic E-state index is 0.476. The maximum Gasteiger partial charge on any atom is 0.180 e. The normalized spacial score (nSPS) is 11.7. The summed E-state index contributed by atoms with van der Waals surface area (Å²) in [5.41, 5.74) is 7.75. The van der Waals surface area contributed by atoms with Gasteiger partial charge >= 0.3 is 0 Å². The van der Waals surface area contributed by atoms with Crippen molar-refractivity contribution in [1.82, 2.24) is 4.98 Å². The summed E-state index contributed by atoms with van der Waals surface area (Å²) in [6.45, 7) is 1.84. The number of nitrogens with two attached hydrogens (primary N) is 1. The summed E-state index contributed by atoms with van der Waals surface area (Å²) in [4.78, 5) is 4.91. The van der Waals surface area contributed by atoms with Crippen LogP contribution in [0.4, 0.5) is 5.13 Å². The smallest absolute Gasteiger partial charge is 0.180 e. The van der Waals surface area contributed by atoms with Gasteiger partial charge in [-0.1, -0.05) is 46.8 Å². The van der Waals surface area contributed by atoms with E-state index in [1.807, 2.05) is 37.3 Å². The Bertz CT molecular complexity index is 519. The molecule has 4 nitrogen and oxygen atoms in total. The third-order valence-corrected chi connectivity index (χ3v) is 3.17. The maximum absolute atomic E-state index is 9.09. The van der Waals surface area contributed by atoms with Gasteiger partial charge in [0.25, 0.3) is 0 Å². The van der Waals surface area contributed by atoms with Crippen LogP contribution in [0.5, 0.6) is 0 Å². The number of aromatic nitrogens is 1. The van der Waals surface area contributed by atoms with Crippen LogP contribution in [0, 0.1) is 6.92 Å². The van der Waals surface area contributed by atoms with E-state index in [2.05, 4.69) is 10.1 Å². The van der Waals surface area contributed by atoms with Crippen molar-refractivity contribution in [2.24, 2.45) is 5.16 Å². The Hall–Kier alpha value is -1.88. The fourth-order valence-corrected chi connectivity index (χ4v) is 2.31. The molecule has 2 rings (SSSR count). The highest BCUT2D eigenvalue weighted by Crippen LogP contribution is 2.23. The molecule has 0 atom stereocenters. The Kier molecular flexibility index (Phi) is 2.87. The number of nitrogens with zero attached hydrogens (tertiary/aromatic N) is 2. The second-order valence-corrected chi connectivity index (χ2v) is 4.31. The number of anilines is 1. The number of rotatable bonds is 2. The van der Waals surface area contributed by atoms with Gasteiger partial charge in [-0.05, 0) is 6.92 Å². The predicted molar refractivity (Wildman–Crippen MR) is 65.1 cm³/mol. The fraction of sp³-hybridized carbons (Fsp3) is 0.0909. The summed E-state index contributed by atoms with van der Waals surface area (Å²) in [6, 6.07) is 9.45. The third kappa shape index (κ3) is 1.90. The molecule has 1 heterocycles. The molecule has 1 aromatic carbocycles. The molecule has 0 radical (unpaired) electrons. The molecule has 3 N–H and O–H groups in total. The third-order valence-electron chi connectivity index (χ3n) is 2.18. The molecule has 5 heteroatoms. The van der Waals surface area contributed by atoms with E-state index in [1.165, 1.54) is 11.3 Å². The van der Waals surface area contributed by atoms with Crippen molar-refractivity contribution in [3.63, 3.8) is 0 Å². The average molecular weight is 233 g/mol. The lowest BCUT2D eigenvalue weighted by molar-refractivity contribution is 0.319. The summed E-state index contributed by atoms with van der Waals surface area (Å²) >= 11 is 1.32.